The average Bonchev–Trinajstić information content (AvgIpc) is 3.30. The molecule has 0 saturated carbocycles. The van der Waals surface area contributed by atoms with Crippen molar-refractivity contribution in [1.82, 2.24) is 25.3 Å². The van der Waals surface area contributed by atoms with Crippen LogP contribution in [0.4, 0.5) is 4.79 Å². The molecule has 9 heteroatoms. The van der Waals surface area contributed by atoms with Gasteiger partial charge < -0.3 is 16.0 Å². The van der Waals surface area contributed by atoms with Crippen LogP contribution in [0.3, 0.4) is 0 Å². The van der Waals surface area contributed by atoms with Gasteiger partial charge >= 0.3 is 6.03 Å². The van der Waals surface area contributed by atoms with Crippen LogP contribution in [0.25, 0.3) is 0 Å². The van der Waals surface area contributed by atoms with E-state index in [1.807, 2.05) is 42.6 Å². The van der Waals surface area contributed by atoms with Crippen LogP contribution >= 0.6 is 0 Å². The van der Waals surface area contributed by atoms with Gasteiger partial charge in [0.05, 0.1) is 12.6 Å². The predicted octanol–water partition coefficient (Wildman–Crippen LogP) is 0.613. The number of nitrogens with two attached hydrogens (primary N) is 1. The quantitative estimate of drug-likeness (QED) is 0.719. The van der Waals surface area contributed by atoms with Crippen molar-refractivity contribution in [1.29, 1.82) is 0 Å². The highest BCUT2D eigenvalue weighted by Crippen LogP contribution is 2.29. The van der Waals surface area contributed by atoms with Crippen LogP contribution in [0, 0.1) is 0 Å². The standard InChI is InChI=1S/C19H23N7O2/c20-17-23-16(27)19(24-17)7-11-25(12-8-19)18(28)22-15(13-26-10-4-9-21-26)14-5-2-1-3-6-14/h1-6,9-10,15H,7-8,11-13H2,(H,22,28)(H3,20,23,24,27). The number of benzene rings is 1. The van der Waals surface area contributed by atoms with Crippen molar-refractivity contribution < 1.29 is 9.59 Å². The van der Waals surface area contributed by atoms with Crippen molar-refractivity contribution in [2.45, 2.75) is 31.0 Å². The smallest absolute Gasteiger partial charge is 0.317 e. The van der Waals surface area contributed by atoms with Crippen LogP contribution in [-0.4, -0.2) is 51.2 Å². The third-order valence-corrected chi connectivity index (χ3v) is 5.31. The first kappa shape index (κ1) is 18.0. The number of rotatable bonds is 4. The summed E-state index contributed by atoms with van der Waals surface area (Å²) in [5, 5.41) is 9.91. The highest BCUT2D eigenvalue weighted by molar-refractivity contribution is 6.06. The molecule has 0 radical (unpaired) electrons. The zero-order valence-corrected chi connectivity index (χ0v) is 15.4. The number of hydrogen-bond acceptors (Lipinski definition) is 5. The van der Waals surface area contributed by atoms with Gasteiger partial charge in [0.25, 0.3) is 5.91 Å². The Morgan fingerprint density at radius 1 is 1.25 bits per heavy atom. The van der Waals surface area contributed by atoms with Crippen molar-refractivity contribution in [2.24, 2.45) is 10.7 Å². The van der Waals surface area contributed by atoms with Crippen molar-refractivity contribution >= 4 is 17.9 Å². The number of piperidine rings is 1. The van der Waals surface area contributed by atoms with Gasteiger partial charge in [0.15, 0.2) is 5.96 Å². The highest BCUT2D eigenvalue weighted by Gasteiger charge is 2.46. The van der Waals surface area contributed by atoms with Gasteiger partial charge in [-0.2, -0.15) is 5.10 Å². The molecule has 1 aromatic heterocycles. The Hall–Kier alpha value is -3.36. The number of carbonyl (C=O) groups excluding carboxylic acids is 2. The largest absolute Gasteiger partial charge is 0.370 e. The lowest BCUT2D eigenvalue weighted by molar-refractivity contribution is -0.125. The summed E-state index contributed by atoms with van der Waals surface area (Å²) in [5.41, 5.74) is 5.82. The fourth-order valence-corrected chi connectivity index (χ4v) is 3.72. The van der Waals surface area contributed by atoms with Crippen molar-refractivity contribution in [3.05, 3.63) is 54.4 Å². The zero-order valence-electron chi connectivity index (χ0n) is 15.4. The molecule has 4 N–H and O–H groups in total. The van der Waals surface area contributed by atoms with E-state index in [-0.39, 0.29) is 23.9 Å². The highest BCUT2D eigenvalue weighted by atomic mass is 16.2. The van der Waals surface area contributed by atoms with Crippen molar-refractivity contribution in [3.63, 3.8) is 0 Å². The molecule has 2 aliphatic rings. The fourth-order valence-electron chi connectivity index (χ4n) is 3.72. The molecule has 1 fully saturated rings. The summed E-state index contributed by atoms with van der Waals surface area (Å²) in [6, 6.07) is 11.3. The van der Waals surface area contributed by atoms with E-state index in [4.69, 9.17) is 5.73 Å². The summed E-state index contributed by atoms with van der Waals surface area (Å²) in [5.74, 6) is -0.0165. The second-order valence-corrected chi connectivity index (χ2v) is 7.11. The van der Waals surface area contributed by atoms with Crippen LogP contribution in [0.5, 0.6) is 0 Å². The lowest BCUT2D eigenvalue weighted by atomic mass is 9.88. The molecule has 1 spiro atoms. The summed E-state index contributed by atoms with van der Waals surface area (Å²) in [6.07, 6.45) is 4.50. The molecule has 4 rings (SSSR count). The normalized spacial score (nSPS) is 19.2. The first-order valence-corrected chi connectivity index (χ1v) is 9.30. The summed E-state index contributed by atoms with van der Waals surface area (Å²) < 4.78 is 1.80. The number of nitrogens with zero attached hydrogens (tertiary/aromatic N) is 4. The molecule has 2 aromatic rings. The van der Waals surface area contributed by atoms with Crippen LogP contribution in [0.2, 0.25) is 0 Å². The fraction of sp³-hybridized carbons (Fsp3) is 0.368. The minimum atomic E-state index is -0.825. The first-order valence-electron chi connectivity index (χ1n) is 9.30. The van der Waals surface area contributed by atoms with E-state index in [9.17, 15) is 9.59 Å². The van der Waals surface area contributed by atoms with Crippen LogP contribution in [0.15, 0.2) is 53.8 Å². The van der Waals surface area contributed by atoms with Crippen molar-refractivity contribution in [3.8, 4) is 0 Å². The first-order chi connectivity index (χ1) is 13.6. The molecule has 1 aromatic carbocycles. The number of amides is 3. The minimum Gasteiger partial charge on any atom is -0.370 e. The van der Waals surface area contributed by atoms with Gasteiger partial charge in [-0.3, -0.25) is 14.8 Å². The van der Waals surface area contributed by atoms with Gasteiger partial charge in [-0.1, -0.05) is 30.3 Å². The molecule has 28 heavy (non-hydrogen) atoms. The average molecular weight is 381 g/mol. The molecule has 2 aliphatic heterocycles. The molecule has 1 saturated heterocycles. The lowest BCUT2D eigenvalue weighted by Crippen LogP contribution is -2.53. The lowest BCUT2D eigenvalue weighted by Gasteiger charge is -2.36. The van der Waals surface area contributed by atoms with Gasteiger partial charge in [0.1, 0.15) is 5.54 Å². The van der Waals surface area contributed by atoms with Crippen LogP contribution in [-0.2, 0) is 11.3 Å². The maximum Gasteiger partial charge on any atom is 0.317 e. The molecular formula is C19H23N7O2. The van der Waals surface area contributed by atoms with Gasteiger partial charge in [0.2, 0.25) is 0 Å². The van der Waals surface area contributed by atoms with E-state index >= 15 is 0 Å². The summed E-state index contributed by atoms with van der Waals surface area (Å²) in [6.45, 7) is 1.42. The van der Waals surface area contributed by atoms with E-state index in [0.717, 1.165) is 5.56 Å². The molecule has 146 valence electrons. The number of nitrogens with one attached hydrogen (secondary N) is 2. The van der Waals surface area contributed by atoms with Crippen LogP contribution < -0.4 is 16.4 Å². The SMILES string of the molecule is NC1=NC2(CCN(C(=O)NC(Cn3cccn3)c3ccccc3)CC2)C(=O)N1. The van der Waals surface area contributed by atoms with E-state index in [0.29, 0.717) is 32.5 Å². The van der Waals surface area contributed by atoms with Crippen molar-refractivity contribution in [2.75, 3.05) is 13.1 Å². The van der Waals surface area contributed by atoms with E-state index in [2.05, 4.69) is 20.7 Å². The maximum absolute atomic E-state index is 12.9. The van der Waals surface area contributed by atoms with Gasteiger partial charge in [-0.15, -0.1) is 0 Å². The Morgan fingerprint density at radius 2 is 2.00 bits per heavy atom. The minimum absolute atomic E-state index is 0.159. The molecule has 0 bridgehead atoms. The molecule has 3 heterocycles. The molecule has 0 aliphatic carbocycles. The second kappa shape index (κ2) is 7.34. The predicted molar refractivity (Wildman–Crippen MR) is 103 cm³/mol. The van der Waals surface area contributed by atoms with Gasteiger partial charge in [0, 0.05) is 25.5 Å². The van der Waals surface area contributed by atoms with Crippen LogP contribution in [0.1, 0.15) is 24.4 Å². The number of aromatic nitrogens is 2. The third-order valence-electron chi connectivity index (χ3n) is 5.31. The number of aliphatic imine (C=N–C) groups is 1. The summed E-state index contributed by atoms with van der Waals surface area (Å²) in [7, 11) is 0. The monoisotopic (exact) mass is 381 g/mol. The second-order valence-electron chi connectivity index (χ2n) is 7.11. The molecule has 9 nitrogen and oxygen atoms in total. The van der Waals surface area contributed by atoms with E-state index < -0.39 is 5.54 Å². The third kappa shape index (κ3) is 3.55. The molecular weight excluding hydrogens is 358 g/mol. The summed E-state index contributed by atoms with van der Waals surface area (Å²) in [4.78, 5) is 31.0. The number of likely N-dealkylation sites (tertiary alicyclic amines) is 1. The Morgan fingerprint density at radius 3 is 2.61 bits per heavy atom. The van der Waals surface area contributed by atoms with Gasteiger partial charge in [-0.05, 0) is 24.5 Å². The molecule has 1 atom stereocenters. The summed E-state index contributed by atoms with van der Waals surface area (Å²) >= 11 is 0. The van der Waals surface area contributed by atoms with E-state index in [1.54, 1.807) is 15.8 Å². The topological polar surface area (TPSA) is 118 Å². The molecule has 3 amide bonds. The Bertz CT molecular complexity index is 871. The maximum atomic E-state index is 12.9. The number of guanidine groups is 1. The Balaban J connectivity index is 1.43. The number of carbonyl (C=O) groups is 2. The number of hydrogen-bond donors (Lipinski definition) is 3. The van der Waals surface area contributed by atoms with Gasteiger partial charge in [-0.25, -0.2) is 9.79 Å². The molecule has 1 unspecified atom stereocenters. The number of urea groups is 1. The zero-order chi connectivity index (χ0) is 19.6. The Kier molecular flexibility index (Phi) is 4.72. The Labute approximate surface area is 162 Å². The van der Waals surface area contributed by atoms with E-state index in [1.165, 1.54) is 0 Å².